The van der Waals surface area contributed by atoms with Gasteiger partial charge in [-0.3, -0.25) is 14.6 Å². The van der Waals surface area contributed by atoms with Gasteiger partial charge >= 0.3 is 6.03 Å². The van der Waals surface area contributed by atoms with E-state index in [4.69, 9.17) is 16.3 Å². The van der Waals surface area contributed by atoms with Gasteiger partial charge in [0.05, 0.1) is 6.61 Å². The van der Waals surface area contributed by atoms with E-state index in [0.29, 0.717) is 56.2 Å². The van der Waals surface area contributed by atoms with Crippen LogP contribution < -0.4 is 0 Å². The molecule has 2 aliphatic heterocycles. The molecule has 0 bridgehead atoms. The Hall–Kier alpha value is -1.70. The standard InChI is InChI=1S/C18H23ClFN3O3/c1-21-16(24)18(23(17(21)25)10-11-26-2)6-8-22(9-7-18)12-13-14(19)4-3-5-15(13)20/h3-5H,6-12H2,1-2H3. The van der Waals surface area contributed by atoms with Gasteiger partial charge in [-0.15, -0.1) is 0 Å². The molecule has 3 amide bonds. The van der Waals surface area contributed by atoms with Crippen LogP contribution >= 0.6 is 11.6 Å². The van der Waals surface area contributed by atoms with Crippen LogP contribution in [-0.2, 0) is 16.1 Å². The van der Waals surface area contributed by atoms with Crippen LogP contribution in [0.3, 0.4) is 0 Å². The van der Waals surface area contributed by atoms with Crippen LogP contribution in [0.15, 0.2) is 18.2 Å². The zero-order valence-electron chi connectivity index (χ0n) is 15.0. The summed E-state index contributed by atoms with van der Waals surface area (Å²) in [4.78, 5) is 30.1. The number of nitrogens with zero attached hydrogens (tertiary/aromatic N) is 3. The number of hydrogen-bond donors (Lipinski definition) is 0. The Bertz CT molecular complexity index is 687. The Labute approximate surface area is 157 Å². The number of benzene rings is 1. The number of rotatable bonds is 5. The fraction of sp³-hybridized carbons (Fsp3) is 0.556. The summed E-state index contributed by atoms with van der Waals surface area (Å²) < 4.78 is 19.1. The minimum atomic E-state index is -0.820. The van der Waals surface area contributed by atoms with Gasteiger partial charge in [0.2, 0.25) is 0 Å². The number of piperidine rings is 1. The quantitative estimate of drug-likeness (QED) is 0.732. The normalized spacial score (nSPS) is 20.5. The number of likely N-dealkylation sites (N-methyl/N-ethyl adjacent to an activating group) is 1. The average Bonchev–Trinajstić information content (AvgIpc) is 2.80. The lowest BCUT2D eigenvalue weighted by molar-refractivity contribution is -0.135. The lowest BCUT2D eigenvalue weighted by Gasteiger charge is -2.42. The second-order valence-corrected chi connectivity index (χ2v) is 7.21. The molecule has 6 nitrogen and oxygen atoms in total. The van der Waals surface area contributed by atoms with Gasteiger partial charge < -0.3 is 9.64 Å². The molecule has 2 saturated heterocycles. The number of amides is 3. The molecule has 8 heteroatoms. The number of carbonyl (C=O) groups excluding carboxylic acids is 2. The van der Waals surface area contributed by atoms with Crippen molar-refractivity contribution in [1.82, 2.24) is 14.7 Å². The molecular formula is C18H23ClFN3O3. The number of methoxy groups -OCH3 is 1. The van der Waals surface area contributed by atoms with E-state index in [-0.39, 0.29) is 17.8 Å². The van der Waals surface area contributed by atoms with Gasteiger partial charge in [0, 0.05) is 50.9 Å². The van der Waals surface area contributed by atoms with Crippen LogP contribution in [0.25, 0.3) is 0 Å². The summed E-state index contributed by atoms with van der Waals surface area (Å²) in [6.07, 6.45) is 1.02. The molecule has 26 heavy (non-hydrogen) atoms. The number of urea groups is 1. The van der Waals surface area contributed by atoms with Crippen molar-refractivity contribution in [2.75, 3.05) is 40.4 Å². The first-order valence-electron chi connectivity index (χ1n) is 8.64. The molecule has 2 fully saturated rings. The van der Waals surface area contributed by atoms with Crippen molar-refractivity contribution in [3.05, 3.63) is 34.6 Å². The molecule has 0 saturated carbocycles. The highest BCUT2D eigenvalue weighted by molar-refractivity contribution is 6.31. The Morgan fingerprint density at radius 1 is 1.27 bits per heavy atom. The van der Waals surface area contributed by atoms with E-state index in [1.54, 1.807) is 24.1 Å². The molecule has 1 spiro atoms. The first kappa shape index (κ1) is 19.1. The van der Waals surface area contributed by atoms with Gasteiger partial charge in [-0.25, -0.2) is 9.18 Å². The molecule has 0 radical (unpaired) electrons. The van der Waals surface area contributed by atoms with Crippen molar-refractivity contribution in [2.45, 2.75) is 24.9 Å². The molecule has 0 aromatic heterocycles. The average molecular weight is 384 g/mol. The van der Waals surface area contributed by atoms with Crippen LogP contribution in [0.4, 0.5) is 9.18 Å². The Balaban J connectivity index is 1.73. The van der Waals surface area contributed by atoms with Crippen LogP contribution in [0.5, 0.6) is 0 Å². The maximum absolute atomic E-state index is 14.0. The van der Waals surface area contributed by atoms with E-state index in [2.05, 4.69) is 4.90 Å². The summed E-state index contributed by atoms with van der Waals surface area (Å²) in [6, 6.07) is 4.37. The molecule has 0 atom stereocenters. The fourth-order valence-electron chi connectivity index (χ4n) is 3.84. The number of likely N-dealkylation sites (tertiary alicyclic amines) is 1. The summed E-state index contributed by atoms with van der Waals surface area (Å²) in [5, 5.41) is 0.402. The monoisotopic (exact) mass is 383 g/mol. The van der Waals surface area contributed by atoms with E-state index in [9.17, 15) is 14.0 Å². The molecule has 142 valence electrons. The zero-order chi connectivity index (χ0) is 18.9. The zero-order valence-corrected chi connectivity index (χ0v) is 15.8. The molecule has 0 aliphatic carbocycles. The fourth-order valence-corrected chi connectivity index (χ4v) is 4.07. The van der Waals surface area contributed by atoms with Crippen molar-refractivity contribution >= 4 is 23.5 Å². The van der Waals surface area contributed by atoms with Gasteiger partial charge in [0.1, 0.15) is 11.4 Å². The Kier molecular flexibility index (Phi) is 5.50. The highest BCUT2D eigenvalue weighted by Gasteiger charge is 2.56. The lowest BCUT2D eigenvalue weighted by Crippen LogP contribution is -2.57. The van der Waals surface area contributed by atoms with Crippen molar-refractivity contribution in [1.29, 1.82) is 0 Å². The lowest BCUT2D eigenvalue weighted by atomic mass is 9.85. The molecule has 1 aromatic rings. The minimum Gasteiger partial charge on any atom is -0.383 e. The third kappa shape index (κ3) is 3.19. The molecule has 3 rings (SSSR count). The highest BCUT2D eigenvalue weighted by Crippen LogP contribution is 2.37. The number of hydrogen-bond acceptors (Lipinski definition) is 4. The van der Waals surface area contributed by atoms with Crippen LogP contribution in [-0.4, -0.2) is 72.6 Å². The number of imide groups is 1. The van der Waals surface area contributed by atoms with Gasteiger partial charge in [0.25, 0.3) is 5.91 Å². The summed E-state index contributed by atoms with van der Waals surface area (Å²) in [5.74, 6) is -0.492. The second kappa shape index (κ2) is 7.50. The Morgan fingerprint density at radius 2 is 1.96 bits per heavy atom. The van der Waals surface area contributed by atoms with Gasteiger partial charge in [-0.1, -0.05) is 17.7 Å². The maximum atomic E-state index is 14.0. The van der Waals surface area contributed by atoms with Crippen molar-refractivity contribution in [3.8, 4) is 0 Å². The van der Waals surface area contributed by atoms with Crippen LogP contribution in [0.2, 0.25) is 5.02 Å². The smallest absolute Gasteiger partial charge is 0.327 e. The molecular weight excluding hydrogens is 361 g/mol. The molecule has 2 aliphatic rings. The highest BCUT2D eigenvalue weighted by atomic mass is 35.5. The second-order valence-electron chi connectivity index (χ2n) is 6.80. The van der Waals surface area contributed by atoms with E-state index >= 15 is 0 Å². The van der Waals surface area contributed by atoms with Crippen molar-refractivity contribution in [2.24, 2.45) is 0 Å². The summed E-state index contributed by atoms with van der Waals surface area (Å²) in [6.45, 7) is 2.31. The predicted octanol–water partition coefficient (Wildman–Crippen LogP) is 2.35. The minimum absolute atomic E-state index is 0.165. The number of ether oxygens (including phenoxy) is 1. The number of carbonyl (C=O) groups is 2. The molecule has 1 aromatic carbocycles. The van der Waals surface area contributed by atoms with E-state index in [0.717, 1.165) is 0 Å². The van der Waals surface area contributed by atoms with Crippen LogP contribution in [0, 0.1) is 5.82 Å². The molecule has 0 N–H and O–H groups in total. The largest absolute Gasteiger partial charge is 0.383 e. The SMILES string of the molecule is COCCN1C(=O)N(C)C(=O)C12CCN(Cc1c(F)cccc1Cl)CC2. The molecule has 0 unspecified atom stereocenters. The molecule has 2 heterocycles. The maximum Gasteiger partial charge on any atom is 0.327 e. The first-order valence-corrected chi connectivity index (χ1v) is 9.02. The summed E-state index contributed by atoms with van der Waals surface area (Å²) in [7, 11) is 3.09. The van der Waals surface area contributed by atoms with Crippen molar-refractivity contribution < 1.29 is 18.7 Å². The van der Waals surface area contributed by atoms with Gasteiger partial charge in [-0.05, 0) is 25.0 Å². The number of halogens is 2. The first-order chi connectivity index (χ1) is 12.4. The van der Waals surface area contributed by atoms with E-state index in [1.807, 2.05) is 0 Å². The summed E-state index contributed by atoms with van der Waals surface area (Å²) in [5.41, 5.74) is -0.354. The van der Waals surface area contributed by atoms with E-state index in [1.165, 1.54) is 18.0 Å². The van der Waals surface area contributed by atoms with Gasteiger partial charge in [0.15, 0.2) is 0 Å². The third-order valence-electron chi connectivity index (χ3n) is 5.38. The van der Waals surface area contributed by atoms with E-state index < -0.39 is 5.54 Å². The summed E-state index contributed by atoms with van der Waals surface area (Å²) >= 11 is 6.12. The van der Waals surface area contributed by atoms with Gasteiger partial charge in [-0.2, -0.15) is 0 Å². The predicted molar refractivity (Wildman–Crippen MR) is 95.4 cm³/mol. The van der Waals surface area contributed by atoms with Crippen LogP contribution in [0.1, 0.15) is 18.4 Å². The Morgan fingerprint density at radius 3 is 2.58 bits per heavy atom. The third-order valence-corrected chi connectivity index (χ3v) is 5.74. The van der Waals surface area contributed by atoms with Crippen molar-refractivity contribution in [3.63, 3.8) is 0 Å². The topological polar surface area (TPSA) is 53.1 Å².